The highest BCUT2D eigenvalue weighted by molar-refractivity contribution is 8.26. The normalized spacial score (nSPS) is 14.6. The van der Waals surface area contributed by atoms with Gasteiger partial charge < -0.3 is 4.74 Å². The van der Waals surface area contributed by atoms with Crippen LogP contribution < -0.4 is 4.74 Å². The summed E-state index contributed by atoms with van der Waals surface area (Å²) in [6.07, 6.45) is 3.78. The van der Waals surface area contributed by atoms with Gasteiger partial charge in [0.1, 0.15) is 22.5 Å². The molecule has 4 aromatic rings. The zero-order valence-electron chi connectivity index (χ0n) is 19.4. The Hall–Kier alpha value is -3.75. The summed E-state index contributed by atoms with van der Waals surface area (Å²) in [5, 5.41) is 4.84. The third kappa shape index (κ3) is 5.10. The van der Waals surface area contributed by atoms with Crippen molar-refractivity contribution in [2.24, 2.45) is 0 Å². The molecule has 0 unspecified atom stereocenters. The number of rotatable bonds is 7. The highest BCUT2D eigenvalue weighted by Crippen LogP contribution is 2.35. The van der Waals surface area contributed by atoms with E-state index in [0.29, 0.717) is 28.1 Å². The smallest absolute Gasteiger partial charge is 0.266 e. The molecule has 0 atom stereocenters. The topological polar surface area (TPSA) is 47.4 Å². The molecule has 1 aromatic heterocycles. The minimum atomic E-state index is -0.272. The number of hydrogen-bond acceptors (Lipinski definition) is 5. The fourth-order valence-corrected chi connectivity index (χ4v) is 5.18. The zero-order chi connectivity index (χ0) is 25.1. The summed E-state index contributed by atoms with van der Waals surface area (Å²) in [6.45, 7) is 2.79. The lowest BCUT2D eigenvalue weighted by Crippen LogP contribution is -2.27. The quantitative estimate of drug-likeness (QED) is 0.208. The van der Waals surface area contributed by atoms with Crippen LogP contribution in [0.1, 0.15) is 18.1 Å². The average molecular weight is 516 g/mol. The van der Waals surface area contributed by atoms with Crippen molar-refractivity contribution in [1.82, 2.24) is 14.7 Å². The summed E-state index contributed by atoms with van der Waals surface area (Å²) in [7, 11) is 0. The second-order valence-corrected chi connectivity index (χ2v) is 9.75. The molecule has 1 aliphatic rings. The number of halogens is 1. The van der Waals surface area contributed by atoms with E-state index >= 15 is 0 Å². The standard InChI is InChI=1S/C28H22FN3O2S2/c1-2-31-27(33)25(36-28(31)35)16-21-17-32(23-6-4-3-5-7-23)30-26(21)20-10-14-24(15-11-20)34-18-19-8-12-22(29)13-9-19/h3-17H,2,18H2,1H3. The summed E-state index contributed by atoms with van der Waals surface area (Å²) in [6, 6.07) is 23.7. The van der Waals surface area contributed by atoms with Crippen LogP contribution in [0.5, 0.6) is 5.75 Å². The zero-order valence-corrected chi connectivity index (χ0v) is 21.1. The summed E-state index contributed by atoms with van der Waals surface area (Å²) >= 11 is 6.68. The number of para-hydroxylation sites is 1. The minimum Gasteiger partial charge on any atom is -0.489 e. The van der Waals surface area contributed by atoms with Crippen LogP contribution >= 0.6 is 24.0 Å². The van der Waals surface area contributed by atoms with Crippen LogP contribution in [0.3, 0.4) is 0 Å². The maximum absolute atomic E-state index is 13.1. The van der Waals surface area contributed by atoms with Gasteiger partial charge in [0.15, 0.2) is 0 Å². The van der Waals surface area contributed by atoms with Gasteiger partial charge in [-0.05, 0) is 67.1 Å². The summed E-state index contributed by atoms with van der Waals surface area (Å²) in [4.78, 5) is 15.0. The Morgan fingerprint density at radius 3 is 2.42 bits per heavy atom. The molecule has 8 heteroatoms. The molecule has 0 saturated carbocycles. The molecule has 3 aromatic carbocycles. The van der Waals surface area contributed by atoms with Gasteiger partial charge in [0.2, 0.25) is 0 Å². The average Bonchev–Trinajstić information content (AvgIpc) is 3.44. The predicted molar refractivity (Wildman–Crippen MR) is 145 cm³/mol. The Morgan fingerprint density at radius 1 is 1.03 bits per heavy atom. The number of nitrogens with zero attached hydrogens (tertiary/aromatic N) is 3. The van der Waals surface area contributed by atoms with Crippen LogP contribution in [0.2, 0.25) is 0 Å². The molecule has 0 spiro atoms. The number of carbonyl (C=O) groups is 1. The highest BCUT2D eigenvalue weighted by atomic mass is 32.2. The lowest BCUT2D eigenvalue weighted by molar-refractivity contribution is -0.121. The second kappa shape index (κ2) is 10.5. The third-order valence-electron chi connectivity index (χ3n) is 5.69. The molecular formula is C28H22FN3O2S2. The van der Waals surface area contributed by atoms with Crippen molar-refractivity contribution in [3.05, 3.63) is 107 Å². The monoisotopic (exact) mass is 515 g/mol. The van der Waals surface area contributed by atoms with Crippen LogP contribution in [0.15, 0.2) is 90.0 Å². The van der Waals surface area contributed by atoms with Crippen LogP contribution in [-0.4, -0.2) is 31.5 Å². The fourth-order valence-electron chi connectivity index (χ4n) is 3.80. The van der Waals surface area contributed by atoms with Crippen LogP contribution in [0.4, 0.5) is 4.39 Å². The number of amides is 1. The molecule has 1 fully saturated rings. The first kappa shape index (κ1) is 24.0. The molecule has 180 valence electrons. The van der Waals surface area contributed by atoms with Gasteiger partial charge in [0, 0.05) is 23.9 Å². The molecular weight excluding hydrogens is 493 g/mol. The number of hydrogen-bond donors (Lipinski definition) is 0. The van der Waals surface area contributed by atoms with Crippen molar-refractivity contribution in [2.45, 2.75) is 13.5 Å². The number of thiocarbonyl (C=S) groups is 1. The van der Waals surface area contributed by atoms with Gasteiger partial charge in [-0.3, -0.25) is 9.69 Å². The molecule has 0 bridgehead atoms. The van der Waals surface area contributed by atoms with Crippen molar-refractivity contribution in [3.63, 3.8) is 0 Å². The van der Waals surface area contributed by atoms with Gasteiger partial charge in [-0.25, -0.2) is 9.07 Å². The van der Waals surface area contributed by atoms with Crippen molar-refractivity contribution in [3.8, 4) is 22.7 Å². The van der Waals surface area contributed by atoms with E-state index in [4.69, 9.17) is 22.1 Å². The van der Waals surface area contributed by atoms with Gasteiger partial charge >= 0.3 is 0 Å². The molecule has 36 heavy (non-hydrogen) atoms. The van der Waals surface area contributed by atoms with Crippen molar-refractivity contribution in [2.75, 3.05) is 6.54 Å². The van der Waals surface area contributed by atoms with E-state index in [1.165, 1.54) is 23.9 Å². The number of ether oxygens (including phenoxy) is 1. The Bertz CT molecular complexity index is 1430. The van der Waals surface area contributed by atoms with E-state index in [1.54, 1.807) is 21.7 Å². The molecule has 0 aliphatic carbocycles. The predicted octanol–water partition coefficient (Wildman–Crippen LogP) is 6.48. The Balaban J connectivity index is 1.45. The minimum absolute atomic E-state index is 0.0875. The number of likely N-dealkylation sites (N-methyl/N-ethyl adjacent to an activating group) is 1. The second-order valence-electron chi connectivity index (χ2n) is 8.08. The first-order valence-electron chi connectivity index (χ1n) is 11.4. The Labute approximate surface area is 218 Å². The molecule has 1 amide bonds. The molecule has 2 heterocycles. The van der Waals surface area contributed by atoms with Crippen molar-refractivity contribution in [1.29, 1.82) is 0 Å². The first-order valence-corrected chi connectivity index (χ1v) is 12.6. The Kier molecular flexibility index (Phi) is 6.97. The summed E-state index contributed by atoms with van der Waals surface area (Å²) in [5.74, 6) is 0.331. The molecule has 0 N–H and O–H groups in total. The number of thioether (sulfide) groups is 1. The van der Waals surface area contributed by atoms with Gasteiger partial charge in [-0.15, -0.1) is 0 Å². The lowest BCUT2D eigenvalue weighted by Gasteiger charge is -2.09. The maximum Gasteiger partial charge on any atom is 0.266 e. The third-order valence-corrected chi connectivity index (χ3v) is 7.06. The van der Waals surface area contributed by atoms with Gasteiger partial charge in [0.05, 0.1) is 16.3 Å². The van der Waals surface area contributed by atoms with Gasteiger partial charge in [0.25, 0.3) is 5.91 Å². The van der Waals surface area contributed by atoms with Crippen molar-refractivity contribution < 1.29 is 13.9 Å². The van der Waals surface area contributed by atoms with E-state index in [9.17, 15) is 9.18 Å². The highest BCUT2D eigenvalue weighted by Gasteiger charge is 2.31. The first-order chi connectivity index (χ1) is 17.5. The van der Waals surface area contributed by atoms with E-state index in [-0.39, 0.29) is 11.7 Å². The van der Waals surface area contributed by atoms with Crippen molar-refractivity contribution >= 4 is 40.3 Å². The summed E-state index contributed by atoms with van der Waals surface area (Å²) in [5.41, 5.74) is 4.24. The number of benzene rings is 3. The molecule has 5 rings (SSSR count). The number of aromatic nitrogens is 2. The maximum atomic E-state index is 13.1. The van der Waals surface area contributed by atoms with E-state index < -0.39 is 0 Å². The molecule has 1 saturated heterocycles. The van der Waals surface area contributed by atoms with Crippen LogP contribution in [0.25, 0.3) is 23.0 Å². The lowest BCUT2D eigenvalue weighted by atomic mass is 10.1. The SMILES string of the molecule is CCN1C(=O)C(=Cc2cn(-c3ccccc3)nc2-c2ccc(OCc3ccc(F)cc3)cc2)SC1=S. The van der Waals surface area contributed by atoms with E-state index in [0.717, 1.165) is 28.1 Å². The van der Waals surface area contributed by atoms with Crippen LogP contribution in [-0.2, 0) is 11.4 Å². The van der Waals surface area contributed by atoms with Gasteiger partial charge in [-0.2, -0.15) is 5.10 Å². The summed E-state index contributed by atoms with van der Waals surface area (Å²) < 4.78 is 21.3. The number of carbonyl (C=O) groups excluding carboxylic acids is 1. The largest absolute Gasteiger partial charge is 0.489 e. The van der Waals surface area contributed by atoms with E-state index in [2.05, 4.69) is 0 Å². The molecule has 0 radical (unpaired) electrons. The van der Waals surface area contributed by atoms with E-state index in [1.807, 2.05) is 73.8 Å². The Morgan fingerprint density at radius 2 is 1.75 bits per heavy atom. The molecule has 1 aliphatic heterocycles. The fraction of sp³-hybridized carbons (Fsp3) is 0.107. The van der Waals surface area contributed by atoms with Gasteiger partial charge in [-0.1, -0.05) is 54.3 Å². The molecule has 5 nitrogen and oxygen atoms in total. The van der Waals surface area contributed by atoms with Crippen LogP contribution in [0, 0.1) is 5.82 Å².